The monoisotopic (exact) mass is 176 g/mol. The zero-order chi connectivity index (χ0) is 9.56. The van der Waals surface area contributed by atoms with Crippen molar-refractivity contribution in [3.8, 4) is 0 Å². The molecule has 0 aromatic heterocycles. The predicted octanol–water partition coefficient (Wildman–Crippen LogP) is -0.527. The van der Waals surface area contributed by atoms with Crippen LogP contribution in [0, 0.1) is 0 Å². The highest BCUT2D eigenvalue weighted by Crippen LogP contribution is 1.99. The summed E-state index contributed by atoms with van der Waals surface area (Å²) >= 11 is 0. The number of ether oxygens (including phenoxy) is 2. The van der Waals surface area contributed by atoms with E-state index in [2.05, 4.69) is 9.47 Å². The molecule has 0 aromatic rings. The van der Waals surface area contributed by atoms with Gasteiger partial charge in [-0.3, -0.25) is 4.79 Å². The highest BCUT2D eigenvalue weighted by Gasteiger charge is 2.16. The second-order valence-electron chi connectivity index (χ2n) is 2.15. The Kier molecular flexibility index (Phi) is 5.03. The molecule has 70 valence electrons. The Hall–Kier alpha value is -1.10. The number of carbonyl (C=O) groups excluding carboxylic acids is 2. The summed E-state index contributed by atoms with van der Waals surface area (Å²) in [4.78, 5) is 21.1. The van der Waals surface area contributed by atoms with E-state index in [0.29, 0.717) is 0 Å². The lowest BCUT2D eigenvalue weighted by molar-refractivity contribution is -0.151. The molecule has 0 fully saturated rings. The molecule has 0 saturated heterocycles. The summed E-state index contributed by atoms with van der Waals surface area (Å²) in [6.45, 7) is 0. The number of carbonyl (C=O) groups is 2. The van der Waals surface area contributed by atoms with Gasteiger partial charge in [-0.15, -0.1) is 0 Å². The Balaban J connectivity index is 3.63. The van der Waals surface area contributed by atoms with E-state index >= 15 is 0 Å². The Morgan fingerprint density at radius 1 is 1.33 bits per heavy atom. The minimum atomic E-state index is -1.24. The minimum absolute atomic E-state index is 0.00671. The van der Waals surface area contributed by atoms with Gasteiger partial charge in [0.2, 0.25) is 0 Å². The van der Waals surface area contributed by atoms with Gasteiger partial charge in [0.15, 0.2) is 6.10 Å². The molecule has 0 radical (unpaired) electrons. The first-order chi connectivity index (χ1) is 5.61. The molecular weight excluding hydrogens is 164 g/mol. The average molecular weight is 176 g/mol. The van der Waals surface area contributed by atoms with Gasteiger partial charge < -0.3 is 14.6 Å². The summed E-state index contributed by atoms with van der Waals surface area (Å²) < 4.78 is 8.55. The van der Waals surface area contributed by atoms with Crippen molar-refractivity contribution in [3.63, 3.8) is 0 Å². The summed E-state index contributed by atoms with van der Waals surface area (Å²) in [5, 5.41) is 8.98. The van der Waals surface area contributed by atoms with Crippen LogP contribution in [-0.4, -0.2) is 37.4 Å². The Morgan fingerprint density at radius 2 is 1.92 bits per heavy atom. The summed E-state index contributed by atoms with van der Waals surface area (Å²) in [5.74, 6) is -1.20. The van der Waals surface area contributed by atoms with Crippen LogP contribution in [0.1, 0.15) is 12.8 Å². The van der Waals surface area contributed by atoms with Gasteiger partial charge in [-0.2, -0.15) is 0 Å². The largest absolute Gasteiger partial charge is 0.469 e. The van der Waals surface area contributed by atoms with Crippen molar-refractivity contribution >= 4 is 11.9 Å². The van der Waals surface area contributed by atoms with Crippen molar-refractivity contribution in [3.05, 3.63) is 0 Å². The molecule has 0 rings (SSSR count). The fraction of sp³-hybridized carbons (Fsp3) is 0.714. The van der Waals surface area contributed by atoms with Crippen molar-refractivity contribution in [1.82, 2.24) is 0 Å². The Labute approximate surface area is 70.3 Å². The van der Waals surface area contributed by atoms with Crippen molar-refractivity contribution in [1.29, 1.82) is 0 Å². The fourth-order valence-corrected chi connectivity index (χ4v) is 0.611. The van der Waals surface area contributed by atoms with Crippen LogP contribution in [0.5, 0.6) is 0 Å². The van der Waals surface area contributed by atoms with Gasteiger partial charge in [0.1, 0.15) is 0 Å². The Morgan fingerprint density at radius 3 is 2.33 bits per heavy atom. The SMILES string of the molecule is COC(=O)CC[C@H](O)C(=O)OC. The minimum Gasteiger partial charge on any atom is -0.469 e. The number of methoxy groups -OCH3 is 2. The van der Waals surface area contributed by atoms with E-state index < -0.39 is 18.0 Å². The highest BCUT2D eigenvalue weighted by molar-refractivity contribution is 5.75. The maximum Gasteiger partial charge on any atom is 0.334 e. The first-order valence-electron chi connectivity index (χ1n) is 3.44. The molecule has 1 N–H and O–H groups in total. The van der Waals surface area contributed by atoms with Crippen LogP contribution in [-0.2, 0) is 19.1 Å². The predicted molar refractivity (Wildman–Crippen MR) is 39.3 cm³/mol. The molecule has 5 heteroatoms. The van der Waals surface area contributed by atoms with Gasteiger partial charge in [0, 0.05) is 6.42 Å². The van der Waals surface area contributed by atoms with E-state index in [0.717, 1.165) is 0 Å². The second kappa shape index (κ2) is 5.54. The fourth-order valence-electron chi connectivity index (χ4n) is 0.611. The molecule has 0 aliphatic heterocycles. The molecule has 0 aromatic carbocycles. The van der Waals surface area contributed by atoms with E-state index in [9.17, 15) is 9.59 Å². The average Bonchev–Trinajstić information content (AvgIpc) is 2.11. The quantitative estimate of drug-likeness (QED) is 0.583. The zero-order valence-electron chi connectivity index (χ0n) is 7.07. The van der Waals surface area contributed by atoms with Crippen molar-refractivity contribution < 1.29 is 24.2 Å². The van der Waals surface area contributed by atoms with Crippen molar-refractivity contribution in [2.45, 2.75) is 18.9 Å². The first kappa shape index (κ1) is 10.9. The molecule has 0 amide bonds. The van der Waals surface area contributed by atoms with Gasteiger partial charge in [0.25, 0.3) is 0 Å². The molecule has 0 heterocycles. The summed E-state index contributed by atoms with van der Waals surface area (Å²) in [6, 6.07) is 0. The van der Waals surface area contributed by atoms with E-state index in [1.165, 1.54) is 14.2 Å². The molecule has 0 unspecified atom stereocenters. The molecule has 0 spiro atoms. The summed E-state index contributed by atoms with van der Waals surface area (Å²) in [5.41, 5.74) is 0. The third-order valence-electron chi connectivity index (χ3n) is 1.32. The van der Waals surface area contributed by atoms with Crippen molar-refractivity contribution in [2.75, 3.05) is 14.2 Å². The van der Waals surface area contributed by atoms with Gasteiger partial charge in [-0.1, -0.05) is 0 Å². The molecule has 12 heavy (non-hydrogen) atoms. The maximum atomic E-state index is 10.6. The van der Waals surface area contributed by atoms with Crippen LogP contribution < -0.4 is 0 Å². The third kappa shape index (κ3) is 3.92. The van der Waals surface area contributed by atoms with E-state index in [-0.39, 0.29) is 12.8 Å². The van der Waals surface area contributed by atoms with Crippen LogP contribution in [0.2, 0.25) is 0 Å². The lowest BCUT2D eigenvalue weighted by atomic mass is 10.2. The van der Waals surface area contributed by atoms with E-state index in [4.69, 9.17) is 5.11 Å². The smallest absolute Gasteiger partial charge is 0.334 e. The van der Waals surface area contributed by atoms with Crippen LogP contribution in [0.3, 0.4) is 0 Å². The van der Waals surface area contributed by atoms with Crippen LogP contribution in [0.4, 0.5) is 0 Å². The number of aliphatic hydroxyl groups is 1. The molecular formula is C7H12O5. The third-order valence-corrected chi connectivity index (χ3v) is 1.32. The molecule has 0 bridgehead atoms. The number of hydrogen-bond donors (Lipinski definition) is 1. The number of aliphatic hydroxyl groups excluding tert-OH is 1. The molecule has 1 atom stereocenters. The maximum absolute atomic E-state index is 10.6. The van der Waals surface area contributed by atoms with Crippen LogP contribution in [0.25, 0.3) is 0 Å². The van der Waals surface area contributed by atoms with Crippen LogP contribution >= 0.6 is 0 Å². The number of hydrogen-bond acceptors (Lipinski definition) is 5. The lowest BCUT2D eigenvalue weighted by Gasteiger charge is -2.06. The van der Waals surface area contributed by atoms with Gasteiger partial charge in [-0.05, 0) is 6.42 Å². The highest BCUT2D eigenvalue weighted by atomic mass is 16.5. The zero-order valence-corrected chi connectivity index (χ0v) is 7.07. The summed E-state index contributed by atoms with van der Waals surface area (Å²) in [6.07, 6.45) is -1.21. The molecule has 0 aliphatic carbocycles. The van der Waals surface area contributed by atoms with Gasteiger partial charge in [-0.25, -0.2) is 4.79 Å². The van der Waals surface area contributed by atoms with Crippen molar-refractivity contribution in [2.24, 2.45) is 0 Å². The standard InChI is InChI=1S/C7H12O5/c1-11-6(9)4-3-5(8)7(10)12-2/h5,8H,3-4H2,1-2H3/t5-/m0/s1. The second-order valence-corrected chi connectivity index (χ2v) is 2.15. The van der Waals surface area contributed by atoms with Crippen LogP contribution in [0.15, 0.2) is 0 Å². The van der Waals surface area contributed by atoms with E-state index in [1.807, 2.05) is 0 Å². The molecule has 5 nitrogen and oxygen atoms in total. The topological polar surface area (TPSA) is 72.8 Å². The molecule has 0 aliphatic rings. The van der Waals surface area contributed by atoms with E-state index in [1.54, 1.807) is 0 Å². The number of esters is 2. The Bertz CT molecular complexity index is 165. The normalized spacial score (nSPS) is 11.9. The first-order valence-corrected chi connectivity index (χ1v) is 3.44. The molecule has 0 saturated carbocycles. The number of rotatable bonds is 4. The van der Waals surface area contributed by atoms with Gasteiger partial charge >= 0.3 is 11.9 Å². The lowest BCUT2D eigenvalue weighted by Crippen LogP contribution is -2.22. The summed E-state index contributed by atoms with van der Waals surface area (Å²) in [7, 11) is 2.41. The van der Waals surface area contributed by atoms with Gasteiger partial charge in [0.05, 0.1) is 14.2 Å².